The van der Waals surface area contributed by atoms with E-state index in [0.717, 1.165) is 13.1 Å². The van der Waals surface area contributed by atoms with E-state index in [2.05, 4.69) is 95.1 Å². The molecule has 0 aliphatic heterocycles. The van der Waals surface area contributed by atoms with E-state index in [9.17, 15) is 0 Å². The van der Waals surface area contributed by atoms with Gasteiger partial charge in [0.2, 0.25) is 0 Å². The molecule has 1 atom stereocenters. The zero-order valence-electron chi connectivity index (χ0n) is 10.6. The van der Waals surface area contributed by atoms with Crippen LogP contribution in [0.5, 0.6) is 0 Å². The van der Waals surface area contributed by atoms with E-state index in [4.69, 9.17) is 0 Å². The molecule has 2 aromatic rings. The lowest BCUT2D eigenvalue weighted by Crippen LogP contribution is -2.24. The fraction of sp³-hybridized carbons (Fsp3) is 0.250. The molecule has 0 saturated carbocycles. The fourth-order valence-electron chi connectivity index (χ4n) is 1.99. The van der Waals surface area contributed by atoms with E-state index < -0.39 is 0 Å². The topological polar surface area (TPSA) is 3.24 Å². The Hall–Kier alpha value is -0.870. The van der Waals surface area contributed by atoms with E-state index >= 15 is 0 Å². The fourth-order valence-corrected chi connectivity index (χ4v) is 3.00. The second-order valence-electron chi connectivity index (χ2n) is 4.30. The van der Waals surface area contributed by atoms with Gasteiger partial charge in [-0.3, -0.25) is 4.90 Å². The third-order valence-corrected chi connectivity index (χ3v) is 4.54. The summed E-state index contributed by atoms with van der Waals surface area (Å²) in [7, 11) is 0. The Balaban J connectivity index is 2.09. The van der Waals surface area contributed by atoms with Crippen molar-refractivity contribution in [2.75, 3.05) is 6.54 Å². The quantitative estimate of drug-likeness (QED) is 0.431. The number of rotatable bonds is 5. The minimum atomic E-state index is 0.425. The van der Waals surface area contributed by atoms with E-state index in [1.807, 2.05) is 0 Å². The summed E-state index contributed by atoms with van der Waals surface area (Å²) in [5.74, 6) is 0. The van der Waals surface area contributed by atoms with Gasteiger partial charge in [0.1, 0.15) is 0 Å². The lowest BCUT2D eigenvalue weighted by molar-refractivity contribution is 0.274. The average Bonchev–Trinajstić information content (AvgIpc) is 2.46. The van der Waals surface area contributed by atoms with Gasteiger partial charge in [0.05, 0.1) is 4.05 Å². The molecule has 18 heavy (non-hydrogen) atoms. The van der Waals surface area contributed by atoms with Gasteiger partial charge >= 0.3 is 0 Å². The first kappa shape index (κ1) is 13.6. The highest BCUT2D eigenvalue weighted by Crippen LogP contribution is 2.28. The maximum absolute atomic E-state index is 2.52. The summed E-state index contributed by atoms with van der Waals surface area (Å²) in [4.78, 5) is 2.48. The SMILES string of the molecule is CCN(Cc1ccccc1)C(I)c1ccccc1. The standard InChI is InChI=1S/C16H18IN/c1-2-18(13-14-9-5-3-6-10-14)16(17)15-11-7-4-8-12-15/h3-12,16H,2,13H2,1H3. The average molecular weight is 351 g/mol. The van der Waals surface area contributed by atoms with Crippen LogP contribution in [0, 0.1) is 0 Å². The second-order valence-corrected chi connectivity index (χ2v) is 5.48. The first-order valence-electron chi connectivity index (χ1n) is 6.28. The number of hydrogen-bond acceptors (Lipinski definition) is 1. The van der Waals surface area contributed by atoms with Crippen LogP contribution in [-0.4, -0.2) is 11.4 Å². The first-order valence-corrected chi connectivity index (χ1v) is 7.53. The molecule has 0 amide bonds. The molecule has 0 N–H and O–H groups in total. The minimum absolute atomic E-state index is 0.425. The van der Waals surface area contributed by atoms with Crippen molar-refractivity contribution in [2.45, 2.75) is 17.5 Å². The van der Waals surface area contributed by atoms with Crippen LogP contribution in [0.1, 0.15) is 22.1 Å². The highest BCUT2D eigenvalue weighted by atomic mass is 127. The molecule has 0 spiro atoms. The molecule has 0 saturated heterocycles. The van der Waals surface area contributed by atoms with Crippen molar-refractivity contribution in [3.63, 3.8) is 0 Å². The van der Waals surface area contributed by atoms with Crippen molar-refractivity contribution in [2.24, 2.45) is 0 Å². The largest absolute Gasteiger partial charge is 0.284 e. The zero-order valence-corrected chi connectivity index (χ0v) is 12.7. The Kier molecular flexibility index (Phi) is 5.20. The maximum atomic E-state index is 2.52. The van der Waals surface area contributed by atoms with E-state index in [1.165, 1.54) is 11.1 Å². The molecule has 1 nitrogen and oxygen atoms in total. The summed E-state index contributed by atoms with van der Waals surface area (Å²) < 4.78 is 0.425. The van der Waals surface area contributed by atoms with Gasteiger partial charge in [-0.1, -0.05) is 90.2 Å². The van der Waals surface area contributed by atoms with Crippen LogP contribution in [0.2, 0.25) is 0 Å². The minimum Gasteiger partial charge on any atom is -0.284 e. The van der Waals surface area contributed by atoms with Gasteiger partial charge in [-0.25, -0.2) is 0 Å². The molecule has 2 heteroatoms. The molecule has 2 rings (SSSR count). The van der Waals surface area contributed by atoms with Crippen LogP contribution < -0.4 is 0 Å². The molecule has 0 radical (unpaired) electrons. The molecule has 0 fully saturated rings. The van der Waals surface area contributed by atoms with Crippen LogP contribution in [0.4, 0.5) is 0 Å². The van der Waals surface area contributed by atoms with Crippen molar-refractivity contribution >= 4 is 22.6 Å². The Morgan fingerprint density at radius 1 is 0.944 bits per heavy atom. The Morgan fingerprint density at radius 3 is 2.06 bits per heavy atom. The summed E-state index contributed by atoms with van der Waals surface area (Å²) in [6, 6.07) is 21.3. The molecule has 0 bridgehead atoms. The van der Waals surface area contributed by atoms with Crippen molar-refractivity contribution in [1.82, 2.24) is 4.90 Å². The third kappa shape index (κ3) is 3.56. The molecule has 0 aliphatic rings. The molecule has 0 heterocycles. The number of benzene rings is 2. The van der Waals surface area contributed by atoms with Gasteiger partial charge in [0.25, 0.3) is 0 Å². The summed E-state index contributed by atoms with van der Waals surface area (Å²) in [6.07, 6.45) is 0. The molecule has 0 aromatic heterocycles. The highest BCUT2D eigenvalue weighted by Gasteiger charge is 2.15. The predicted octanol–water partition coefficient (Wildman–Crippen LogP) is 4.64. The number of halogens is 1. The van der Waals surface area contributed by atoms with Gasteiger partial charge in [-0.05, 0) is 17.7 Å². The van der Waals surface area contributed by atoms with Crippen molar-refractivity contribution < 1.29 is 0 Å². The molecular formula is C16H18IN. The van der Waals surface area contributed by atoms with E-state index in [1.54, 1.807) is 0 Å². The van der Waals surface area contributed by atoms with Gasteiger partial charge in [-0.2, -0.15) is 0 Å². The van der Waals surface area contributed by atoms with Gasteiger partial charge < -0.3 is 0 Å². The smallest absolute Gasteiger partial charge is 0.0877 e. The monoisotopic (exact) mass is 351 g/mol. The molecule has 94 valence electrons. The number of hydrogen-bond donors (Lipinski definition) is 0. The number of nitrogens with zero attached hydrogens (tertiary/aromatic N) is 1. The summed E-state index contributed by atoms with van der Waals surface area (Å²) in [5, 5.41) is 0. The van der Waals surface area contributed by atoms with Gasteiger partial charge in [0, 0.05) is 6.54 Å². The molecule has 1 unspecified atom stereocenters. The lowest BCUT2D eigenvalue weighted by atomic mass is 10.1. The van der Waals surface area contributed by atoms with Crippen LogP contribution in [0.3, 0.4) is 0 Å². The normalized spacial score (nSPS) is 12.6. The summed E-state index contributed by atoms with van der Waals surface area (Å²) >= 11 is 2.52. The zero-order chi connectivity index (χ0) is 12.8. The van der Waals surface area contributed by atoms with Crippen LogP contribution >= 0.6 is 22.6 Å². The third-order valence-electron chi connectivity index (χ3n) is 3.03. The molecule has 0 aliphatic carbocycles. The van der Waals surface area contributed by atoms with Crippen LogP contribution in [0.15, 0.2) is 60.7 Å². The van der Waals surface area contributed by atoms with Crippen LogP contribution in [-0.2, 0) is 6.54 Å². The molecular weight excluding hydrogens is 333 g/mol. The van der Waals surface area contributed by atoms with Crippen LogP contribution in [0.25, 0.3) is 0 Å². The van der Waals surface area contributed by atoms with Crippen molar-refractivity contribution in [3.05, 3.63) is 71.8 Å². The Bertz CT molecular complexity index is 455. The van der Waals surface area contributed by atoms with Gasteiger partial charge in [0.15, 0.2) is 0 Å². The van der Waals surface area contributed by atoms with E-state index in [-0.39, 0.29) is 0 Å². The van der Waals surface area contributed by atoms with Crippen molar-refractivity contribution in [1.29, 1.82) is 0 Å². The predicted molar refractivity (Wildman–Crippen MR) is 85.7 cm³/mol. The Labute approximate surface area is 123 Å². The van der Waals surface area contributed by atoms with Gasteiger partial charge in [-0.15, -0.1) is 0 Å². The lowest BCUT2D eigenvalue weighted by Gasteiger charge is -2.26. The van der Waals surface area contributed by atoms with E-state index in [0.29, 0.717) is 4.05 Å². The maximum Gasteiger partial charge on any atom is 0.0877 e. The van der Waals surface area contributed by atoms with Crippen molar-refractivity contribution in [3.8, 4) is 0 Å². The highest BCUT2D eigenvalue weighted by molar-refractivity contribution is 14.1. The summed E-state index contributed by atoms with van der Waals surface area (Å²) in [6.45, 7) is 4.27. The Morgan fingerprint density at radius 2 is 1.50 bits per heavy atom. The second kappa shape index (κ2) is 6.90. The number of alkyl halides is 1. The summed E-state index contributed by atoms with van der Waals surface area (Å²) in [5.41, 5.74) is 2.74. The first-order chi connectivity index (χ1) is 8.81. The molecule has 2 aromatic carbocycles.